The Kier molecular flexibility index (Phi) is 6.05. The average Bonchev–Trinajstić information content (AvgIpc) is 2.19. The first kappa shape index (κ1) is 11.2. The molecule has 1 unspecified atom stereocenters. The third-order valence-corrected chi connectivity index (χ3v) is 2.68. The molecule has 1 heteroatoms. The van der Waals surface area contributed by atoms with Crippen LogP contribution in [0.1, 0.15) is 44.9 Å². The summed E-state index contributed by atoms with van der Waals surface area (Å²) in [5.74, 6) is 0.285. The largest absolute Gasteiger partial charge is 0.303 e. The van der Waals surface area contributed by atoms with Gasteiger partial charge in [-0.2, -0.15) is 0 Å². The minimum atomic E-state index is 0.285. The van der Waals surface area contributed by atoms with Gasteiger partial charge in [0.25, 0.3) is 0 Å². The number of carbonyl (C=O) groups is 1. The average molecular weight is 192 g/mol. The Hall–Kier alpha value is -0.850. The quantitative estimate of drug-likeness (QED) is 0.457. The molecule has 0 radical (unpaired) electrons. The molecule has 0 saturated carbocycles. The summed E-state index contributed by atoms with van der Waals surface area (Å²) in [4.78, 5) is 10.7. The number of rotatable bonds is 1. The molecule has 0 aliphatic heterocycles. The highest BCUT2D eigenvalue weighted by Crippen LogP contribution is 2.14. The highest BCUT2D eigenvalue weighted by Gasteiger charge is 2.05. The van der Waals surface area contributed by atoms with E-state index in [1.54, 1.807) is 0 Å². The lowest BCUT2D eigenvalue weighted by molar-refractivity contribution is -0.111. The molecule has 0 aromatic heterocycles. The van der Waals surface area contributed by atoms with Crippen molar-refractivity contribution in [1.29, 1.82) is 0 Å². The Morgan fingerprint density at radius 3 is 2.21 bits per heavy atom. The Bertz CT molecular complexity index is 203. The molecule has 1 atom stereocenters. The molecule has 0 bridgehead atoms. The second kappa shape index (κ2) is 7.54. The van der Waals surface area contributed by atoms with E-state index in [-0.39, 0.29) is 5.92 Å². The number of allylic oxidation sites excluding steroid dienone is 4. The molecule has 0 aromatic carbocycles. The van der Waals surface area contributed by atoms with Crippen LogP contribution in [0.3, 0.4) is 0 Å². The van der Waals surface area contributed by atoms with Crippen LogP contribution in [0, 0.1) is 5.92 Å². The molecule has 1 nitrogen and oxygen atoms in total. The van der Waals surface area contributed by atoms with Gasteiger partial charge >= 0.3 is 0 Å². The molecule has 0 saturated heterocycles. The molecule has 0 spiro atoms. The standard InChI is InChI=1S/C13H20O/c14-12-13-10-8-6-4-2-1-3-5-7-9-11-13/h2,4-5,7,12-13H,1,3,6,8-11H2/b4-2?,7-5+. The zero-order valence-electron chi connectivity index (χ0n) is 8.82. The number of hydrogen-bond acceptors (Lipinski definition) is 1. The van der Waals surface area contributed by atoms with Crippen LogP contribution < -0.4 is 0 Å². The third-order valence-electron chi connectivity index (χ3n) is 2.68. The van der Waals surface area contributed by atoms with Crippen LogP contribution in [0.15, 0.2) is 24.3 Å². The summed E-state index contributed by atoms with van der Waals surface area (Å²) in [6.07, 6.45) is 17.8. The van der Waals surface area contributed by atoms with Crippen LogP contribution >= 0.6 is 0 Å². The van der Waals surface area contributed by atoms with Gasteiger partial charge in [-0.1, -0.05) is 24.3 Å². The second-order valence-corrected chi connectivity index (χ2v) is 3.92. The van der Waals surface area contributed by atoms with Crippen LogP contribution in [0.2, 0.25) is 0 Å². The SMILES string of the molecule is O=CC1CC/C=C/CCC=CCCC1. The van der Waals surface area contributed by atoms with Crippen molar-refractivity contribution in [2.24, 2.45) is 5.92 Å². The fraction of sp³-hybridized carbons (Fsp3) is 0.615. The maximum atomic E-state index is 10.7. The molecule has 1 rings (SSSR count). The molecule has 0 aromatic rings. The predicted octanol–water partition coefficient (Wildman–Crippen LogP) is 3.66. The zero-order chi connectivity index (χ0) is 10.1. The third kappa shape index (κ3) is 5.00. The zero-order valence-corrected chi connectivity index (χ0v) is 8.82. The highest BCUT2D eigenvalue weighted by molar-refractivity contribution is 5.53. The Morgan fingerprint density at radius 1 is 0.857 bits per heavy atom. The topological polar surface area (TPSA) is 17.1 Å². The van der Waals surface area contributed by atoms with Gasteiger partial charge in [0, 0.05) is 5.92 Å². The summed E-state index contributed by atoms with van der Waals surface area (Å²) in [5.41, 5.74) is 0. The molecule has 14 heavy (non-hydrogen) atoms. The van der Waals surface area contributed by atoms with Crippen molar-refractivity contribution in [2.45, 2.75) is 44.9 Å². The van der Waals surface area contributed by atoms with Gasteiger partial charge in [0.05, 0.1) is 0 Å². The summed E-state index contributed by atoms with van der Waals surface area (Å²) in [7, 11) is 0. The van der Waals surface area contributed by atoms with Crippen molar-refractivity contribution in [3.8, 4) is 0 Å². The maximum absolute atomic E-state index is 10.7. The van der Waals surface area contributed by atoms with Crippen LogP contribution in [0.4, 0.5) is 0 Å². The smallest absolute Gasteiger partial charge is 0.123 e. The van der Waals surface area contributed by atoms with Crippen molar-refractivity contribution >= 4 is 6.29 Å². The number of hydrogen-bond donors (Lipinski definition) is 0. The lowest BCUT2D eigenvalue weighted by Gasteiger charge is -2.07. The summed E-state index contributed by atoms with van der Waals surface area (Å²) in [6, 6.07) is 0. The van der Waals surface area contributed by atoms with E-state index in [0.717, 1.165) is 51.2 Å². The van der Waals surface area contributed by atoms with Crippen molar-refractivity contribution in [3.05, 3.63) is 24.3 Å². The molecular formula is C13H20O. The summed E-state index contributed by atoms with van der Waals surface area (Å²) in [6.45, 7) is 0. The molecule has 0 fully saturated rings. The van der Waals surface area contributed by atoms with Gasteiger partial charge in [-0.15, -0.1) is 0 Å². The lowest BCUT2D eigenvalue weighted by Crippen LogP contribution is -2.01. The molecule has 0 N–H and O–H groups in total. The van der Waals surface area contributed by atoms with Gasteiger partial charge in [-0.25, -0.2) is 0 Å². The normalized spacial score (nSPS) is 27.3. The Morgan fingerprint density at radius 2 is 1.50 bits per heavy atom. The van der Waals surface area contributed by atoms with Crippen LogP contribution in [-0.4, -0.2) is 6.29 Å². The Labute approximate surface area is 86.9 Å². The predicted molar refractivity (Wildman–Crippen MR) is 60.2 cm³/mol. The fourth-order valence-electron chi connectivity index (χ4n) is 1.75. The molecule has 1 aliphatic rings. The molecule has 1 aliphatic carbocycles. The fourth-order valence-corrected chi connectivity index (χ4v) is 1.75. The van der Waals surface area contributed by atoms with E-state index in [1.165, 1.54) is 0 Å². The first-order valence-corrected chi connectivity index (χ1v) is 5.69. The van der Waals surface area contributed by atoms with Gasteiger partial charge in [0.2, 0.25) is 0 Å². The maximum Gasteiger partial charge on any atom is 0.123 e. The first-order chi connectivity index (χ1) is 6.93. The van der Waals surface area contributed by atoms with E-state index in [0.29, 0.717) is 0 Å². The first-order valence-electron chi connectivity index (χ1n) is 5.69. The molecular weight excluding hydrogens is 172 g/mol. The molecule has 0 amide bonds. The highest BCUT2D eigenvalue weighted by atomic mass is 16.1. The molecule has 78 valence electrons. The van der Waals surface area contributed by atoms with Gasteiger partial charge < -0.3 is 4.79 Å². The second-order valence-electron chi connectivity index (χ2n) is 3.92. The Balaban J connectivity index is 2.37. The molecule has 0 heterocycles. The van der Waals surface area contributed by atoms with Gasteiger partial charge in [-0.05, 0) is 44.9 Å². The van der Waals surface area contributed by atoms with E-state index < -0.39 is 0 Å². The summed E-state index contributed by atoms with van der Waals surface area (Å²) < 4.78 is 0. The van der Waals surface area contributed by atoms with Crippen LogP contribution in [-0.2, 0) is 4.79 Å². The van der Waals surface area contributed by atoms with Crippen molar-refractivity contribution in [2.75, 3.05) is 0 Å². The van der Waals surface area contributed by atoms with E-state index in [2.05, 4.69) is 24.3 Å². The van der Waals surface area contributed by atoms with Gasteiger partial charge in [0.15, 0.2) is 0 Å². The van der Waals surface area contributed by atoms with Gasteiger partial charge in [0.1, 0.15) is 6.29 Å². The van der Waals surface area contributed by atoms with Crippen LogP contribution in [0.25, 0.3) is 0 Å². The van der Waals surface area contributed by atoms with E-state index >= 15 is 0 Å². The minimum absolute atomic E-state index is 0.285. The van der Waals surface area contributed by atoms with Crippen LogP contribution in [0.5, 0.6) is 0 Å². The summed E-state index contributed by atoms with van der Waals surface area (Å²) >= 11 is 0. The number of carbonyl (C=O) groups excluding carboxylic acids is 1. The minimum Gasteiger partial charge on any atom is -0.303 e. The van der Waals surface area contributed by atoms with E-state index in [9.17, 15) is 4.79 Å². The lowest BCUT2D eigenvalue weighted by atomic mass is 9.97. The van der Waals surface area contributed by atoms with E-state index in [1.807, 2.05) is 0 Å². The summed E-state index contributed by atoms with van der Waals surface area (Å²) in [5, 5.41) is 0. The monoisotopic (exact) mass is 192 g/mol. The van der Waals surface area contributed by atoms with Crippen molar-refractivity contribution < 1.29 is 4.79 Å². The van der Waals surface area contributed by atoms with Crippen molar-refractivity contribution in [3.63, 3.8) is 0 Å². The van der Waals surface area contributed by atoms with Crippen molar-refractivity contribution in [1.82, 2.24) is 0 Å². The number of aldehydes is 1. The van der Waals surface area contributed by atoms with E-state index in [4.69, 9.17) is 0 Å². The van der Waals surface area contributed by atoms with Gasteiger partial charge in [-0.3, -0.25) is 0 Å².